The van der Waals surface area contributed by atoms with Crippen molar-refractivity contribution in [3.8, 4) is 22.8 Å². The highest BCUT2D eigenvalue weighted by molar-refractivity contribution is 6.04. The number of hydrogen-bond donors (Lipinski definition) is 0. The zero-order valence-electron chi connectivity index (χ0n) is 15.7. The molecule has 28 heavy (non-hydrogen) atoms. The summed E-state index contributed by atoms with van der Waals surface area (Å²) in [5.74, 6) is 0. The minimum absolute atomic E-state index is 0.851. The maximum atomic E-state index is 4.92. The summed E-state index contributed by atoms with van der Waals surface area (Å²) in [5, 5.41) is 2.12. The van der Waals surface area contributed by atoms with Crippen molar-refractivity contribution in [3.05, 3.63) is 84.2 Å². The van der Waals surface area contributed by atoms with E-state index in [-0.39, 0.29) is 0 Å². The first-order valence-corrected chi connectivity index (χ1v) is 9.24. The maximum Gasteiger partial charge on any atom is 0.0973 e. The van der Waals surface area contributed by atoms with Crippen LogP contribution in [-0.4, -0.2) is 19.9 Å². The van der Waals surface area contributed by atoms with Crippen molar-refractivity contribution in [2.24, 2.45) is 0 Å². The highest BCUT2D eigenvalue weighted by Crippen LogP contribution is 2.28. The lowest BCUT2D eigenvalue weighted by Crippen LogP contribution is -1.93. The Morgan fingerprint density at radius 2 is 0.929 bits per heavy atom. The van der Waals surface area contributed by atoms with Crippen molar-refractivity contribution < 1.29 is 0 Å². The first-order chi connectivity index (χ1) is 13.7. The lowest BCUT2D eigenvalue weighted by atomic mass is 10.1. The van der Waals surface area contributed by atoms with Gasteiger partial charge in [0, 0.05) is 23.2 Å². The number of aromatic nitrogens is 4. The zero-order valence-corrected chi connectivity index (χ0v) is 15.7. The SMILES string of the molecule is Cc1ccnc(-c2ccc3ccc4ccc(-c5cc(C)ccn5)nc4c3n2)c1. The van der Waals surface area contributed by atoms with Crippen molar-refractivity contribution in [1.82, 2.24) is 19.9 Å². The summed E-state index contributed by atoms with van der Waals surface area (Å²) in [7, 11) is 0. The molecule has 0 aliphatic carbocycles. The van der Waals surface area contributed by atoms with Crippen LogP contribution in [0.1, 0.15) is 11.1 Å². The fourth-order valence-electron chi connectivity index (χ4n) is 3.41. The van der Waals surface area contributed by atoms with Crippen molar-refractivity contribution in [1.29, 1.82) is 0 Å². The molecule has 0 saturated heterocycles. The molecule has 5 aromatic rings. The van der Waals surface area contributed by atoms with Gasteiger partial charge in [0.15, 0.2) is 0 Å². The van der Waals surface area contributed by atoms with Gasteiger partial charge in [0.2, 0.25) is 0 Å². The Hall–Kier alpha value is -3.66. The zero-order chi connectivity index (χ0) is 19.1. The molecule has 0 radical (unpaired) electrons. The second-order valence-corrected chi connectivity index (χ2v) is 7.04. The first-order valence-electron chi connectivity index (χ1n) is 9.24. The normalized spacial score (nSPS) is 11.2. The molecule has 4 heteroatoms. The Balaban J connectivity index is 1.75. The van der Waals surface area contributed by atoms with Gasteiger partial charge in [0.25, 0.3) is 0 Å². The number of hydrogen-bond acceptors (Lipinski definition) is 4. The molecule has 0 unspecified atom stereocenters. The molecule has 0 fully saturated rings. The lowest BCUT2D eigenvalue weighted by molar-refractivity contribution is 1.24. The summed E-state index contributed by atoms with van der Waals surface area (Å²) in [4.78, 5) is 18.8. The van der Waals surface area contributed by atoms with Gasteiger partial charge >= 0.3 is 0 Å². The highest BCUT2D eigenvalue weighted by atomic mass is 14.8. The van der Waals surface area contributed by atoms with Crippen LogP contribution in [0.3, 0.4) is 0 Å². The molecular formula is C24H18N4. The molecule has 0 amide bonds. The predicted octanol–water partition coefficient (Wildman–Crippen LogP) is 5.52. The van der Waals surface area contributed by atoms with Gasteiger partial charge in [-0.25, -0.2) is 9.97 Å². The third kappa shape index (κ3) is 2.89. The Labute approximate surface area is 163 Å². The molecule has 0 atom stereocenters. The molecule has 1 aromatic carbocycles. The van der Waals surface area contributed by atoms with Gasteiger partial charge in [-0.3, -0.25) is 9.97 Å². The molecular weight excluding hydrogens is 344 g/mol. The lowest BCUT2D eigenvalue weighted by Gasteiger charge is -2.08. The van der Waals surface area contributed by atoms with Gasteiger partial charge in [-0.1, -0.05) is 24.3 Å². The fourth-order valence-corrected chi connectivity index (χ4v) is 3.41. The van der Waals surface area contributed by atoms with Crippen molar-refractivity contribution in [3.63, 3.8) is 0 Å². The molecule has 0 saturated carbocycles. The number of fused-ring (bicyclic) bond motifs is 3. The van der Waals surface area contributed by atoms with Crippen LogP contribution in [0.25, 0.3) is 44.6 Å². The highest BCUT2D eigenvalue weighted by Gasteiger charge is 2.10. The number of pyridine rings is 4. The molecule has 4 aromatic heterocycles. The van der Waals surface area contributed by atoms with E-state index < -0.39 is 0 Å². The van der Waals surface area contributed by atoms with Crippen LogP contribution >= 0.6 is 0 Å². The van der Waals surface area contributed by atoms with Crippen LogP contribution < -0.4 is 0 Å². The predicted molar refractivity (Wildman–Crippen MR) is 113 cm³/mol. The average molecular weight is 362 g/mol. The second kappa shape index (κ2) is 6.50. The van der Waals surface area contributed by atoms with E-state index in [0.29, 0.717) is 0 Å². The van der Waals surface area contributed by atoms with Gasteiger partial charge < -0.3 is 0 Å². The van der Waals surface area contributed by atoms with Crippen molar-refractivity contribution >= 4 is 21.8 Å². The standard InChI is InChI=1S/C24H18N4/c1-15-9-11-25-21(13-15)19-7-5-17-3-4-18-6-8-20(28-24(18)23(17)27-19)22-14-16(2)10-12-26-22/h3-14H,1-2H3. The van der Waals surface area contributed by atoms with E-state index in [4.69, 9.17) is 9.97 Å². The van der Waals surface area contributed by atoms with E-state index in [1.165, 1.54) is 0 Å². The Morgan fingerprint density at radius 3 is 1.36 bits per heavy atom. The number of nitrogens with zero attached hydrogens (tertiary/aromatic N) is 4. The van der Waals surface area contributed by atoms with Crippen LogP contribution in [0, 0.1) is 13.8 Å². The topological polar surface area (TPSA) is 51.6 Å². The summed E-state index contributed by atoms with van der Waals surface area (Å²) in [6.45, 7) is 4.12. The Morgan fingerprint density at radius 1 is 0.500 bits per heavy atom. The molecule has 0 aliphatic heterocycles. The third-order valence-electron chi connectivity index (χ3n) is 4.88. The Bertz CT molecular complexity index is 1240. The summed E-state index contributed by atoms with van der Waals surface area (Å²) in [6.07, 6.45) is 3.64. The van der Waals surface area contributed by atoms with Crippen LogP contribution in [0.2, 0.25) is 0 Å². The molecule has 0 aliphatic rings. The van der Waals surface area contributed by atoms with Crippen LogP contribution in [0.15, 0.2) is 73.1 Å². The summed E-state index contributed by atoms with van der Waals surface area (Å²) >= 11 is 0. The minimum atomic E-state index is 0.851. The van der Waals surface area contributed by atoms with Gasteiger partial charge in [0.1, 0.15) is 0 Å². The average Bonchev–Trinajstić information content (AvgIpc) is 2.73. The number of benzene rings is 1. The van der Waals surface area contributed by atoms with Gasteiger partial charge in [0.05, 0.1) is 33.8 Å². The van der Waals surface area contributed by atoms with E-state index in [9.17, 15) is 0 Å². The second-order valence-electron chi connectivity index (χ2n) is 7.04. The number of aryl methyl sites for hydroxylation is 2. The van der Waals surface area contributed by atoms with Crippen LogP contribution in [-0.2, 0) is 0 Å². The maximum absolute atomic E-state index is 4.92. The third-order valence-corrected chi connectivity index (χ3v) is 4.88. The molecule has 5 rings (SSSR count). The largest absolute Gasteiger partial charge is 0.255 e. The molecule has 0 spiro atoms. The van der Waals surface area contributed by atoms with Gasteiger partial charge in [-0.15, -0.1) is 0 Å². The van der Waals surface area contributed by atoms with Crippen LogP contribution in [0.4, 0.5) is 0 Å². The van der Waals surface area contributed by atoms with E-state index in [2.05, 4.69) is 60.2 Å². The Kier molecular flexibility index (Phi) is 3.83. The molecule has 4 heterocycles. The molecule has 0 N–H and O–H groups in total. The van der Waals surface area contributed by atoms with Crippen molar-refractivity contribution in [2.75, 3.05) is 0 Å². The van der Waals surface area contributed by atoms with E-state index in [1.54, 1.807) is 0 Å². The monoisotopic (exact) mass is 362 g/mol. The first kappa shape index (κ1) is 16.5. The number of rotatable bonds is 2. The van der Waals surface area contributed by atoms with Crippen LogP contribution in [0.5, 0.6) is 0 Å². The fraction of sp³-hybridized carbons (Fsp3) is 0.0833. The van der Waals surface area contributed by atoms with E-state index in [0.717, 1.165) is 55.7 Å². The van der Waals surface area contributed by atoms with Gasteiger partial charge in [-0.2, -0.15) is 0 Å². The smallest absolute Gasteiger partial charge is 0.0973 e. The van der Waals surface area contributed by atoms with Gasteiger partial charge in [-0.05, 0) is 61.4 Å². The molecule has 0 bridgehead atoms. The summed E-state index contributed by atoms with van der Waals surface area (Å²) < 4.78 is 0. The molecule has 134 valence electrons. The summed E-state index contributed by atoms with van der Waals surface area (Å²) in [6, 6.07) is 20.5. The molecule has 4 nitrogen and oxygen atoms in total. The van der Waals surface area contributed by atoms with E-state index in [1.807, 2.05) is 36.7 Å². The van der Waals surface area contributed by atoms with E-state index >= 15 is 0 Å². The summed E-state index contributed by atoms with van der Waals surface area (Å²) in [5.41, 5.74) is 7.53. The van der Waals surface area contributed by atoms with Crippen molar-refractivity contribution in [2.45, 2.75) is 13.8 Å². The quantitative estimate of drug-likeness (QED) is 0.388. The minimum Gasteiger partial charge on any atom is -0.255 e.